The molecule has 0 aromatic carbocycles. The zero-order chi connectivity index (χ0) is 13.0. The van der Waals surface area contributed by atoms with E-state index in [2.05, 4.69) is 21.5 Å². The van der Waals surface area contributed by atoms with Crippen LogP contribution in [0.5, 0.6) is 0 Å². The largest absolute Gasteiger partial charge is 0.377 e. The van der Waals surface area contributed by atoms with Crippen LogP contribution in [0.3, 0.4) is 0 Å². The Labute approximate surface area is 112 Å². The van der Waals surface area contributed by atoms with Gasteiger partial charge >= 0.3 is 0 Å². The molecule has 1 atom stereocenters. The van der Waals surface area contributed by atoms with E-state index in [1.54, 1.807) is 12.4 Å². The van der Waals surface area contributed by atoms with Crippen LogP contribution in [0.2, 0.25) is 0 Å². The molecule has 0 aliphatic heterocycles. The van der Waals surface area contributed by atoms with Crippen molar-refractivity contribution in [3.05, 3.63) is 24.3 Å². The van der Waals surface area contributed by atoms with Gasteiger partial charge in [0.15, 0.2) is 0 Å². The normalized spacial score (nSPS) is 13.1. The maximum absolute atomic E-state index is 5.83. The van der Waals surface area contributed by atoms with Gasteiger partial charge in [-0.05, 0) is 19.9 Å². The molecule has 0 aliphatic carbocycles. The Morgan fingerprint density at radius 3 is 3.06 bits per heavy atom. The lowest BCUT2D eigenvalue weighted by atomic mass is 10.3. The van der Waals surface area contributed by atoms with Gasteiger partial charge in [-0.1, -0.05) is 0 Å². The SMILES string of the molecule is CCOC(C)Cn1c(CCCl)nc2cnccc21. The van der Waals surface area contributed by atoms with E-state index in [1.165, 1.54) is 0 Å². The predicted molar refractivity (Wildman–Crippen MR) is 73.0 cm³/mol. The molecule has 98 valence electrons. The number of hydrogen-bond donors (Lipinski definition) is 0. The van der Waals surface area contributed by atoms with Crippen LogP contribution >= 0.6 is 11.6 Å². The molecule has 0 fully saturated rings. The van der Waals surface area contributed by atoms with Crippen molar-refractivity contribution in [2.45, 2.75) is 32.9 Å². The lowest BCUT2D eigenvalue weighted by Gasteiger charge is -2.15. The number of pyridine rings is 1. The van der Waals surface area contributed by atoms with Crippen molar-refractivity contribution in [1.29, 1.82) is 0 Å². The number of rotatable bonds is 6. The fraction of sp³-hybridized carbons (Fsp3) is 0.538. The second-order valence-electron chi connectivity index (χ2n) is 4.21. The minimum atomic E-state index is 0.162. The summed E-state index contributed by atoms with van der Waals surface area (Å²) < 4.78 is 7.78. The molecule has 0 saturated carbocycles. The fourth-order valence-electron chi connectivity index (χ4n) is 2.11. The van der Waals surface area contributed by atoms with Crippen molar-refractivity contribution in [3.8, 4) is 0 Å². The Bertz CT molecular complexity index is 512. The molecule has 0 aliphatic rings. The van der Waals surface area contributed by atoms with E-state index in [-0.39, 0.29) is 6.10 Å². The number of halogens is 1. The van der Waals surface area contributed by atoms with Crippen molar-refractivity contribution in [1.82, 2.24) is 14.5 Å². The van der Waals surface area contributed by atoms with Crippen molar-refractivity contribution in [2.24, 2.45) is 0 Å². The van der Waals surface area contributed by atoms with E-state index in [0.717, 1.165) is 36.4 Å². The molecule has 2 rings (SSSR count). The summed E-state index contributed by atoms with van der Waals surface area (Å²) in [5.41, 5.74) is 2.01. The van der Waals surface area contributed by atoms with Crippen molar-refractivity contribution >= 4 is 22.6 Å². The summed E-state index contributed by atoms with van der Waals surface area (Å²) in [5, 5.41) is 0. The number of aromatic nitrogens is 3. The summed E-state index contributed by atoms with van der Waals surface area (Å²) in [4.78, 5) is 8.68. The van der Waals surface area contributed by atoms with Crippen LogP contribution < -0.4 is 0 Å². The van der Waals surface area contributed by atoms with E-state index in [1.807, 2.05) is 13.0 Å². The third-order valence-electron chi connectivity index (χ3n) is 2.84. The Kier molecular flexibility index (Phi) is 4.55. The molecular weight excluding hydrogens is 250 g/mol. The first-order chi connectivity index (χ1) is 8.76. The highest BCUT2D eigenvalue weighted by atomic mass is 35.5. The minimum absolute atomic E-state index is 0.162. The summed E-state index contributed by atoms with van der Waals surface area (Å²) in [6.07, 6.45) is 4.50. The number of alkyl halides is 1. The molecule has 0 amide bonds. The Balaban J connectivity index is 2.35. The standard InChI is InChI=1S/C13H18ClN3O/c1-3-18-10(2)9-17-12-5-7-15-8-11(12)16-13(17)4-6-14/h5,7-8,10H,3-4,6,9H2,1-2H3. The van der Waals surface area contributed by atoms with Gasteiger partial charge < -0.3 is 9.30 Å². The molecule has 0 N–H and O–H groups in total. The number of fused-ring (bicyclic) bond motifs is 1. The second kappa shape index (κ2) is 6.16. The van der Waals surface area contributed by atoms with Crippen LogP contribution in [0.4, 0.5) is 0 Å². The molecule has 0 bridgehead atoms. The molecule has 2 heterocycles. The molecule has 0 radical (unpaired) electrons. The predicted octanol–water partition coefficient (Wildman–Crippen LogP) is 2.64. The average molecular weight is 268 g/mol. The number of nitrogens with zero attached hydrogens (tertiary/aromatic N) is 3. The summed E-state index contributed by atoms with van der Waals surface area (Å²) in [7, 11) is 0. The molecule has 0 saturated heterocycles. The molecular formula is C13H18ClN3O. The van der Waals surface area contributed by atoms with Gasteiger partial charge in [0.2, 0.25) is 0 Å². The zero-order valence-electron chi connectivity index (χ0n) is 10.8. The summed E-state index contributed by atoms with van der Waals surface area (Å²) >= 11 is 5.83. The summed E-state index contributed by atoms with van der Waals surface area (Å²) in [6.45, 7) is 5.59. The highest BCUT2D eigenvalue weighted by molar-refractivity contribution is 6.17. The number of imidazole rings is 1. The van der Waals surface area contributed by atoms with Gasteiger partial charge in [0, 0.05) is 25.1 Å². The van der Waals surface area contributed by atoms with Crippen LogP contribution in [0.25, 0.3) is 11.0 Å². The molecule has 5 heteroatoms. The lowest BCUT2D eigenvalue weighted by Crippen LogP contribution is -2.18. The molecule has 2 aromatic heterocycles. The Hall–Kier alpha value is -1.13. The highest BCUT2D eigenvalue weighted by Crippen LogP contribution is 2.17. The summed E-state index contributed by atoms with van der Waals surface area (Å²) in [6, 6.07) is 1.98. The van der Waals surface area contributed by atoms with Crippen molar-refractivity contribution in [2.75, 3.05) is 12.5 Å². The van der Waals surface area contributed by atoms with Crippen molar-refractivity contribution in [3.63, 3.8) is 0 Å². The third-order valence-corrected chi connectivity index (χ3v) is 3.03. The molecule has 1 unspecified atom stereocenters. The van der Waals surface area contributed by atoms with Gasteiger partial charge in [0.05, 0.1) is 24.4 Å². The van der Waals surface area contributed by atoms with E-state index < -0.39 is 0 Å². The van der Waals surface area contributed by atoms with E-state index >= 15 is 0 Å². The van der Waals surface area contributed by atoms with Crippen molar-refractivity contribution < 1.29 is 4.74 Å². The van der Waals surface area contributed by atoms with E-state index in [0.29, 0.717) is 5.88 Å². The highest BCUT2D eigenvalue weighted by Gasteiger charge is 2.12. The number of ether oxygens (including phenoxy) is 1. The second-order valence-corrected chi connectivity index (χ2v) is 4.59. The van der Waals surface area contributed by atoms with Gasteiger partial charge in [0.1, 0.15) is 11.3 Å². The fourth-order valence-corrected chi connectivity index (χ4v) is 2.27. The van der Waals surface area contributed by atoms with Gasteiger partial charge in [-0.2, -0.15) is 0 Å². The minimum Gasteiger partial charge on any atom is -0.377 e. The maximum Gasteiger partial charge on any atom is 0.111 e. The van der Waals surface area contributed by atoms with Crippen LogP contribution in [-0.2, 0) is 17.7 Å². The van der Waals surface area contributed by atoms with Crippen LogP contribution in [0, 0.1) is 0 Å². The van der Waals surface area contributed by atoms with Crippen LogP contribution in [0.15, 0.2) is 18.5 Å². The lowest BCUT2D eigenvalue weighted by molar-refractivity contribution is 0.0643. The van der Waals surface area contributed by atoms with Gasteiger partial charge in [0.25, 0.3) is 0 Å². The zero-order valence-corrected chi connectivity index (χ0v) is 11.5. The smallest absolute Gasteiger partial charge is 0.111 e. The molecule has 0 spiro atoms. The van der Waals surface area contributed by atoms with E-state index in [4.69, 9.17) is 16.3 Å². The van der Waals surface area contributed by atoms with Gasteiger partial charge in [-0.15, -0.1) is 11.6 Å². The first kappa shape index (κ1) is 13.3. The Morgan fingerprint density at radius 2 is 2.33 bits per heavy atom. The molecule has 4 nitrogen and oxygen atoms in total. The van der Waals surface area contributed by atoms with E-state index in [9.17, 15) is 0 Å². The molecule has 2 aromatic rings. The number of hydrogen-bond acceptors (Lipinski definition) is 3. The van der Waals surface area contributed by atoms with Gasteiger partial charge in [-0.3, -0.25) is 4.98 Å². The third kappa shape index (κ3) is 2.82. The quantitative estimate of drug-likeness (QED) is 0.756. The monoisotopic (exact) mass is 267 g/mol. The average Bonchev–Trinajstić information content (AvgIpc) is 2.69. The molecule has 18 heavy (non-hydrogen) atoms. The topological polar surface area (TPSA) is 39.9 Å². The van der Waals surface area contributed by atoms with Crippen LogP contribution in [0.1, 0.15) is 19.7 Å². The Morgan fingerprint density at radius 1 is 1.50 bits per heavy atom. The number of aryl methyl sites for hydroxylation is 1. The van der Waals surface area contributed by atoms with Crippen LogP contribution in [-0.4, -0.2) is 33.1 Å². The summed E-state index contributed by atoms with van der Waals surface area (Å²) in [5.74, 6) is 1.57. The van der Waals surface area contributed by atoms with Gasteiger partial charge in [-0.25, -0.2) is 4.98 Å². The maximum atomic E-state index is 5.83. The first-order valence-electron chi connectivity index (χ1n) is 6.23. The first-order valence-corrected chi connectivity index (χ1v) is 6.76.